The van der Waals surface area contributed by atoms with Gasteiger partial charge in [-0.1, -0.05) is 6.07 Å². The van der Waals surface area contributed by atoms with Crippen molar-refractivity contribution in [3.63, 3.8) is 0 Å². The molecule has 6 heteroatoms. The van der Waals surface area contributed by atoms with Crippen LogP contribution >= 0.6 is 0 Å². The van der Waals surface area contributed by atoms with Gasteiger partial charge in [0, 0.05) is 18.2 Å². The summed E-state index contributed by atoms with van der Waals surface area (Å²) in [6.45, 7) is -1.19. The molecule has 1 heterocycles. The van der Waals surface area contributed by atoms with Crippen molar-refractivity contribution in [2.45, 2.75) is 25.5 Å². The lowest BCUT2D eigenvalue weighted by atomic mass is 10.1. The third kappa shape index (κ3) is 4.17. The summed E-state index contributed by atoms with van der Waals surface area (Å²) in [5, 5.41) is 6.06. The lowest BCUT2D eigenvalue weighted by molar-refractivity contribution is -0.0498. The van der Waals surface area contributed by atoms with Gasteiger partial charge < -0.3 is 15.4 Å². The number of ether oxygens (including phenoxy) is 1. The predicted molar refractivity (Wildman–Crippen MR) is 66.4 cm³/mol. The zero-order valence-electron chi connectivity index (χ0n) is 10.4. The number of rotatable bonds is 4. The minimum Gasteiger partial charge on any atom is -0.435 e. The van der Waals surface area contributed by atoms with Crippen molar-refractivity contribution >= 4 is 5.91 Å². The standard InChI is InChI=1S/C13H16F2N2O2/c14-13(15)19-11-5-1-3-9(7-11)12(18)17-10-4-2-6-16-8-10/h1,3,5,7,10,13,16H,2,4,6,8H2,(H,17,18). The van der Waals surface area contributed by atoms with Gasteiger partial charge in [0.15, 0.2) is 0 Å². The van der Waals surface area contributed by atoms with Gasteiger partial charge in [0.25, 0.3) is 5.91 Å². The zero-order valence-corrected chi connectivity index (χ0v) is 10.4. The van der Waals surface area contributed by atoms with E-state index in [2.05, 4.69) is 15.4 Å². The minimum absolute atomic E-state index is 0.00980. The third-order valence-electron chi connectivity index (χ3n) is 2.95. The van der Waals surface area contributed by atoms with Crippen molar-refractivity contribution < 1.29 is 18.3 Å². The highest BCUT2D eigenvalue weighted by atomic mass is 19.3. The maximum absolute atomic E-state index is 12.1. The van der Waals surface area contributed by atoms with Crippen LogP contribution in [0.1, 0.15) is 23.2 Å². The van der Waals surface area contributed by atoms with Crippen LogP contribution in [-0.4, -0.2) is 31.7 Å². The number of nitrogens with one attached hydrogen (secondary N) is 2. The van der Waals surface area contributed by atoms with Crippen LogP contribution in [0.4, 0.5) is 8.78 Å². The summed E-state index contributed by atoms with van der Waals surface area (Å²) >= 11 is 0. The highest BCUT2D eigenvalue weighted by Gasteiger charge is 2.16. The normalized spacial score (nSPS) is 19.2. The second-order valence-corrected chi connectivity index (χ2v) is 4.42. The topological polar surface area (TPSA) is 50.4 Å². The van der Waals surface area contributed by atoms with Gasteiger partial charge in [-0.3, -0.25) is 4.79 Å². The Morgan fingerprint density at radius 1 is 1.47 bits per heavy atom. The number of alkyl halides is 2. The molecule has 4 nitrogen and oxygen atoms in total. The second kappa shape index (κ2) is 6.47. The Morgan fingerprint density at radius 3 is 3.00 bits per heavy atom. The van der Waals surface area contributed by atoms with Gasteiger partial charge in [-0.05, 0) is 37.6 Å². The van der Waals surface area contributed by atoms with Crippen molar-refractivity contribution in [1.82, 2.24) is 10.6 Å². The summed E-state index contributed by atoms with van der Waals surface area (Å²) in [7, 11) is 0. The smallest absolute Gasteiger partial charge is 0.387 e. The average Bonchev–Trinajstić information content (AvgIpc) is 2.39. The Bertz CT molecular complexity index is 434. The molecule has 1 aliphatic heterocycles. The van der Waals surface area contributed by atoms with Crippen molar-refractivity contribution in [2.24, 2.45) is 0 Å². The Hall–Kier alpha value is -1.69. The summed E-state index contributed by atoms with van der Waals surface area (Å²) in [6, 6.07) is 5.89. The first kappa shape index (κ1) is 13.7. The highest BCUT2D eigenvalue weighted by Crippen LogP contribution is 2.16. The predicted octanol–water partition coefficient (Wildman–Crippen LogP) is 1.77. The molecule has 1 aliphatic rings. The average molecular weight is 270 g/mol. The molecule has 1 saturated heterocycles. The van der Waals surface area contributed by atoms with E-state index in [1.54, 1.807) is 6.07 Å². The zero-order chi connectivity index (χ0) is 13.7. The van der Waals surface area contributed by atoms with Gasteiger partial charge in [0.05, 0.1) is 0 Å². The lowest BCUT2D eigenvalue weighted by Gasteiger charge is -2.23. The maximum atomic E-state index is 12.1. The Kier molecular flexibility index (Phi) is 4.68. The van der Waals surface area contributed by atoms with Crippen LogP contribution in [0.5, 0.6) is 5.75 Å². The molecule has 1 aromatic carbocycles. The lowest BCUT2D eigenvalue weighted by Crippen LogP contribution is -2.45. The fourth-order valence-electron chi connectivity index (χ4n) is 2.06. The molecule has 19 heavy (non-hydrogen) atoms. The van der Waals surface area contributed by atoms with Crippen LogP contribution in [0.25, 0.3) is 0 Å². The van der Waals surface area contributed by atoms with Crippen LogP contribution in [0.2, 0.25) is 0 Å². The van der Waals surface area contributed by atoms with Crippen molar-refractivity contribution in [3.8, 4) is 5.75 Å². The highest BCUT2D eigenvalue weighted by molar-refractivity contribution is 5.94. The molecule has 1 unspecified atom stereocenters. The molecule has 1 aromatic rings. The minimum atomic E-state index is -2.89. The fourth-order valence-corrected chi connectivity index (χ4v) is 2.06. The molecular formula is C13H16F2N2O2. The van der Waals surface area contributed by atoms with E-state index in [9.17, 15) is 13.6 Å². The monoisotopic (exact) mass is 270 g/mol. The summed E-state index contributed by atoms with van der Waals surface area (Å²) < 4.78 is 28.5. The number of carbonyl (C=O) groups excluding carboxylic acids is 1. The molecule has 1 atom stereocenters. The maximum Gasteiger partial charge on any atom is 0.387 e. The number of amides is 1. The number of piperidine rings is 1. The Morgan fingerprint density at radius 2 is 2.32 bits per heavy atom. The summed E-state index contributed by atoms with van der Waals surface area (Å²) in [5.74, 6) is -0.280. The van der Waals surface area contributed by atoms with Gasteiger partial charge in [0.2, 0.25) is 0 Å². The molecule has 104 valence electrons. The van der Waals surface area contributed by atoms with Gasteiger partial charge in [-0.25, -0.2) is 0 Å². The largest absolute Gasteiger partial charge is 0.435 e. The number of hydrogen-bond donors (Lipinski definition) is 2. The van der Waals surface area contributed by atoms with Gasteiger partial charge in [-0.2, -0.15) is 8.78 Å². The number of halogens is 2. The van der Waals surface area contributed by atoms with E-state index in [0.717, 1.165) is 25.9 Å². The summed E-state index contributed by atoms with van der Waals surface area (Å²) in [5.41, 5.74) is 0.323. The van der Waals surface area contributed by atoms with Crippen molar-refractivity contribution in [2.75, 3.05) is 13.1 Å². The first-order valence-electron chi connectivity index (χ1n) is 6.21. The summed E-state index contributed by atoms with van der Waals surface area (Å²) in [6.07, 6.45) is 1.94. The molecule has 0 radical (unpaired) electrons. The van der Waals surface area contributed by atoms with E-state index in [-0.39, 0.29) is 17.7 Å². The quantitative estimate of drug-likeness (QED) is 0.876. The SMILES string of the molecule is O=C(NC1CCCNC1)c1cccc(OC(F)F)c1. The van der Waals surface area contributed by atoms with E-state index in [0.29, 0.717) is 5.56 Å². The van der Waals surface area contributed by atoms with E-state index in [1.165, 1.54) is 18.2 Å². The number of benzene rings is 1. The Balaban J connectivity index is 1.97. The van der Waals surface area contributed by atoms with Crippen molar-refractivity contribution in [3.05, 3.63) is 29.8 Å². The first-order valence-corrected chi connectivity index (χ1v) is 6.21. The second-order valence-electron chi connectivity index (χ2n) is 4.42. The van der Waals surface area contributed by atoms with Crippen LogP contribution in [0.3, 0.4) is 0 Å². The summed E-state index contributed by atoms with van der Waals surface area (Å²) in [4.78, 5) is 12.0. The van der Waals surface area contributed by atoms with Gasteiger partial charge >= 0.3 is 6.61 Å². The Labute approximate surface area is 110 Å². The van der Waals surface area contributed by atoms with Crippen LogP contribution < -0.4 is 15.4 Å². The van der Waals surface area contributed by atoms with E-state index in [1.807, 2.05) is 0 Å². The van der Waals surface area contributed by atoms with Crippen LogP contribution in [0, 0.1) is 0 Å². The first-order chi connectivity index (χ1) is 9.15. The van der Waals surface area contributed by atoms with E-state index in [4.69, 9.17) is 0 Å². The molecule has 1 fully saturated rings. The molecule has 0 bridgehead atoms. The molecule has 2 rings (SSSR count). The van der Waals surface area contributed by atoms with Crippen molar-refractivity contribution in [1.29, 1.82) is 0 Å². The van der Waals surface area contributed by atoms with E-state index >= 15 is 0 Å². The van der Waals surface area contributed by atoms with Crippen LogP contribution in [0.15, 0.2) is 24.3 Å². The fraction of sp³-hybridized carbons (Fsp3) is 0.462. The van der Waals surface area contributed by atoms with E-state index < -0.39 is 6.61 Å². The molecule has 1 amide bonds. The molecule has 0 aliphatic carbocycles. The molecule has 2 N–H and O–H groups in total. The number of carbonyl (C=O) groups is 1. The third-order valence-corrected chi connectivity index (χ3v) is 2.95. The molecule has 0 spiro atoms. The van der Waals surface area contributed by atoms with Gasteiger partial charge in [0.1, 0.15) is 5.75 Å². The van der Waals surface area contributed by atoms with Gasteiger partial charge in [-0.15, -0.1) is 0 Å². The molecule has 0 saturated carbocycles. The molecular weight excluding hydrogens is 254 g/mol. The van der Waals surface area contributed by atoms with Crippen LogP contribution in [-0.2, 0) is 0 Å². The molecule has 0 aromatic heterocycles. The number of hydrogen-bond acceptors (Lipinski definition) is 3.